The third-order valence-electron chi connectivity index (χ3n) is 2.55. The van der Waals surface area contributed by atoms with Crippen molar-refractivity contribution in [3.63, 3.8) is 0 Å². The molecule has 1 amide bonds. The molecular formula is C12H12F2N2O3. The minimum atomic E-state index is -0.772. The van der Waals surface area contributed by atoms with E-state index in [1.165, 1.54) is 11.0 Å². The Balaban J connectivity index is 1.90. The molecule has 1 fully saturated rings. The van der Waals surface area contributed by atoms with Gasteiger partial charge in [0.05, 0.1) is 19.4 Å². The monoisotopic (exact) mass is 270 g/mol. The molecule has 1 heterocycles. The molecule has 0 unspecified atom stereocenters. The van der Waals surface area contributed by atoms with E-state index in [0.29, 0.717) is 26.3 Å². The quantitative estimate of drug-likeness (QED) is 0.467. The lowest BCUT2D eigenvalue weighted by Gasteiger charge is -2.24. The lowest BCUT2D eigenvalue weighted by molar-refractivity contribution is 0.0281. The number of morpholine rings is 1. The van der Waals surface area contributed by atoms with Crippen molar-refractivity contribution in [2.45, 2.75) is 0 Å². The highest BCUT2D eigenvalue weighted by Crippen LogP contribution is 2.07. The van der Waals surface area contributed by atoms with Gasteiger partial charge in [0.1, 0.15) is 11.6 Å². The molecule has 7 heteroatoms. The van der Waals surface area contributed by atoms with Crippen molar-refractivity contribution in [1.29, 1.82) is 0 Å². The molecule has 1 aromatic carbocycles. The van der Waals surface area contributed by atoms with Gasteiger partial charge in [-0.15, -0.1) is 0 Å². The molecule has 0 bridgehead atoms. The summed E-state index contributed by atoms with van der Waals surface area (Å²) < 4.78 is 31.0. The van der Waals surface area contributed by atoms with Gasteiger partial charge in [0.25, 0.3) is 0 Å². The molecular weight excluding hydrogens is 258 g/mol. The third-order valence-corrected chi connectivity index (χ3v) is 2.55. The Morgan fingerprint density at radius 3 is 2.79 bits per heavy atom. The molecule has 0 aromatic heterocycles. The van der Waals surface area contributed by atoms with E-state index < -0.39 is 17.7 Å². The van der Waals surface area contributed by atoms with E-state index in [1.54, 1.807) is 0 Å². The van der Waals surface area contributed by atoms with Crippen LogP contribution in [0.2, 0.25) is 0 Å². The lowest BCUT2D eigenvalue weighted by Crippen LogP contribution is -2.40. The van der Waals surface area contributed by atoms with Crippen LogP contribution in [0, 0.1) is 11.6 Å². The molecule has 0 N–H and O–H groups in total. The summed E-state index contributed by atoms with van der Waals surface area (Å²) in [6.07, 6.45) is 0.398. The molecule has 1 aliphatic heterocycles. The number of amides is 1. The number of carbonyl (C=O) groups excluding carboxylic acids is 1. The number of carbonyl (C=O) groups is 1. The summed E-state index contributed by atoms with van der Waals surface area (Å²) in [6, 6.07) is 3.02. The second-order valence-electron chi connectivity index (χ2n) is 3.86. The summed E-state index contributed by atoms with van der Waals surface area (Å²) in [5, 5.41) is 3.39. The van der Waals surface area contributed by atoms with Crippen LogP contribution in [0.4, 0.5) is 13.6 Å². The number of halogens is 2. The molecule has 1 aliphatic rings. The first-order valence-electron chi connectivity index (χ1n) is 5.69. The van der Waals surface area contributed by atoms with Gasteiger partial charge in [0, 0.05) is 24.7 Å². The number of hydrogen-bond acceptors (Lipinski definition) is 4. The Labute approximate surface area is 108 Å². The minimum Gasteiger partial charge on any atom is -0.378 e. The van der Waals surface area contributed by atoms with Crippen molar-refractivity contribution in [2.75, 3.05) is 26.3 Å². The maximum atomic E-state index is 13.2. The van der Waals surface area contributed by atoms with E-state index in [2.05, 4.69) is 9.99 Å². The van der Waals surface area contributed by atoms with Gasteiger partial charge < -0.3 is 9.64 Å². The van der Waals surface area contributed by atoms with Crippen LogP contribution >= 0.6 is 0 Å². The molecule has 0 atom stereocenters. The van der Waals surface area contributed by atoms with Crippen LogP contribution in [0.5, 0.6) is 0 Å². The van der Waals surface area contributed by atoms with Gasteiger partial charge in [-0.25, -0.2) is 13.6 Å². The summed E-state index contributed by atoms with van der Waals surface area (Å²) in [4.78, 5) is 17.6. The topological polar surface area (TPSA) is 51.1 Å². The zero-order valence-corrected chi connectivity index (χ0v) is 10.0. The summed E-state index contributed by atoms with van der Waals surface area (Å²) in [5.74, 6) is -1.45. The van der Waals surface area contributed by atoms with Crippen LogP contribution in [-0.4, -0.2) is 43.5 Å². The highest BCUT2D eigenvalue weighted by atomic mass is 19.1. The van der Waals surface area contributed by atoms with Gasteiger partial charge in [-0.1, -0.05) is 5.16 Å². The maximum absolute atomic E-state index is 13.2. The average molecular weight is 270 g/mol. The zero-order valence-electron chi connectivity index (χ0n) is 10.0. The van der Waals surface area contributed by atoms with E-state index in [9.17, 15) is 13.6 Å². The normalized spacial score (nSPS) is 15.8. The Morgan fingerprint density at radius 1 is 1.37 bits per heavy atom. The van der Waals surface area contributed by atoms with Crippen molar-refractivity contribution in [1.82, 2.24) is 4.90 Å². The van der Waals surface area contributed by atoms with Crippen molar-refractivity contribution < 1.29 is 23.1 Å². The number of rotatable bonds is 2. The van der Waals surface area contributed by atoms with Crippen LogP contribution in [0.1, 0.15) is 5.56 Å². The summed E-state index contributed by atoms with van der Waals surface area (Å²) in [6.45, 7) is 1.76. The van der Waals surface area contributed by atoms with Gasteiger partial charge in [-0.05, 0) is 12.1 Å². The van der Waals surface area contributed by atoms with Gasteiger partial charge in [0.2, 0.25) is 0 Å². The van der Waals surface area contributed by atoms with E-state index in [0.717, 1.165) is 18.3 Å². The van der Waals surface area contributed by atoms with Crippen molar-refractivity contribution in [3.8, 4) is 0 Å². The smallest absolute Gasteiger partial charge is 0.378 e. The molecule has 0 saturated carbocycles. The fraction of sp³-hybridized carbons (Fsp3) is 0.333. The molecule has 2 rings (SSSR count). The highest BCUT2D eigenvalue weighted by Gasteiger charge is 2.17. The number of ether oxygens (including phenoxy) is 1. The molecule has 0 aliphatic carbocycles. The van der Waals surface area contributed by atoms with Crippen molar-refractivity contribution in [3.05, 3.63) is 35.4 Å². The van der Waals surface area contributed by atoms with Crippen LogP contribution in [0.15, 0.2) is 23.4 Å². The lowest BCUT2D eigenvalue weighted by atomic mass is 10.2. The number of nitrogens with zero attached hydrogens (tertiary/aromatic N) is 2. The first kappa shape index (κ1) is 13.4. The number of hydrogen-bond donors (Lipinski definition) is 0. The van der Waals surface area contributed by atoms with E-state index in [-0.39, 0.29) is 5.56 Å². The van der Waals surface area contributed by atoms with E-state index in [1.807, 2.05) is 0 Å². The predicted molar refractivity (Wildman–Crippen MR) is 62.8 cm³/mol. The van der Waals surface area contributed by atoms with Gasteiger partial charge in [-0.2, -0.15) is 0 Å². The third kappa shape index (κ3) is 3.72. The van der Waals surface area contributed by atoms with Crippen LogP contribution in [0.3, 0.4) is 0 Å². The Hall–Kier alpha value is -2.02. The predicted octanol–water partition coefficient (Wildman–Crippen LogP) is 1.77. The Bertz CT molecular complexity index is 488. The summed E-state index contributed by atoms with van der Waals surface area (Å²) in [5.41, 5.74) is 0.0381. The Morgan fingerprint density at radius 2 is 2.11 bits per heavy atom. The van der Waals surface area contributed by atoms with Gasteiger partial charge in [-0.3, -0.25) is 4.84 Å². The molecule has 5 nitrogen and oxygen atoms in total. The molecule has 102 valence electrons. The largest absolute Gasteiger partial charge is 0.436 e. The Kier molecular flexibility index (Phi) is 4.40. The first-order chi connectivity index (χ1) is 9.16. The molecule has 0 spiro atoms. The molecule has 1 aromatic rings. The zero-order chi connectivity index (χ0) is 13.7. The fourth-order valence-electron chi connectivity index (χ4n) is 1.54. The van der Waals surface area contributed by atoms with Crippen molar-refractivity contribution in [2.24, 2.45) is 5.16 Å². The van der Waals surface area contributed by atoms with E-state index >= 15 is 0 Å². The second kappa shape index (κ2) is 6.24. The number of benzene rings is 1. The maximum Gasteiger partial charge on any atom is 0.436 e. The van der Waals surface area contributed by atoms with Gasteiger partial charge >= 0.3 is 6.09 Å². The fourth-order valence-corrected chi connectivity index (χ4v) is 1.54. The number of oxime groups is 1. The standard InChI is InChI=1S/C12H12F2N2O3/c13-10-2-1-9(11(14)7-10)8-15-19-12(17)16-3-5-18-6-4-16/h1-2,7-8H,3-6H2/b15-8+. The summed E-state index contributed by atoms with van der Waals surface area (Å²) in [7, 11) is 0. The molecule has 19 heavy (non-hydrogen) atoms. The van der Waals surface area contributed by atoms with Crippen LogP contribution in [-0.2, 0) is 9.57 Å². The average Bonchev–Trinajstić information content (AvgIpc) is 2.42. The van der Waals surface area contributed by atoms with Crippen LogP contribution in [0.25, 0.3) is 0 Å². The van der Waals surface area contributed by atoms with Crippen molar-refractivity contribution >= 4 is 12.3 Å². The molecule has 1 saturated heterocycles. The summed E-state index contributed by atoms with van der Waals surface area (Å²) >= 11 is 0. The molecule has 0 radical (unpaired) electrons. The first-order valence-corrected chi connectivity index (χ1v) is 5.69. The second-order valence-corrected chi connectivity index (χ2v) is 3.86. The SMILES string of the molecule is O=C(O/N=C/c1ccc(F)cc1F)N1CCOCC1. The van der Waals surface area contributed by atoms with Crippen LogP contribution < -0.4 is 0 Å². The highest BCUT2D eigenvalue weighted by molar-refractivity contribution is 5.80. The van der Waals surface area contributed by atoms with E-state index in [4.69, 9.17) is 4.74 Å². The van der Waals surface area contributed by atoms with Gasteiger partial charge in [0.15, 0.2) is 0 Å². The minimum absolute atomic E-state index is 0.0381.